The van der Waals surface area contributed by atoms with Gasteiger partial charge in [0.05, 0.1) is 0 Å². The van der Waals surface area contributed by atoms with Gasteiger partial charge in [-0.1, -0.05) is 46.0 Å². The van der Waals surface area contributed by atoms with Gasteiger partial charge in [-0.05, 0) is 31.3 Å². The van der Waals surface area contributed by atoms with Crippen LogP contribution in [-0.2, 0) is 9.53 Å². The third-order valence-corrected chi connectivity index (χ3v) is 5.50. The number of carbonyl (C=O) groups excluding carboxylic acids is 1. The Bertz CT molecular complexity index is 343. The number of hydrogen-bond donors (Lipinski definition) is 0. The van der Waals surface area contributed by atoms with E-state index in [2.05, 4.69) is 13.8 Å². The molecule has 2 nitrogen and oxygen atoms in total. The molecule has 0 aromatic carbocycles. The quantitative estimate of drug-likeness (QED) is 0.653. The maximum absolute atomic E-state index is 12.0. The summed E-state index contributed by atoms with van der Waals surface area (Å²) in [5.41, 5.74) is 2.31. The van der Waals surface area contributed by atoms with E-state index in [1.165, 1.54) is 37.7 Å². The number of thioether (sulfide) groups is 1. The molecule has 2 rings (SSSR count). The molecule has 1 aliphatic carbocycles. The summed E-state index contributed by atoms with van der Waals surface area (Å²) in [6, 6.07) is 0. The van der Waals surface area contributed by atoms with E-state index < -0.39 is 0 Å². The number of esters is 1. The number of cyclic esters (lactones) is 1. The van der Waals surface area contributed by atoms with Crippen molar-refractivity contribution in [3.63, 3.8) is 0 Å². The SMILES string of the molecule is CCCC1=C(CCC)C(SC2CCCCC2)OC1=O. The van der Waals surface area contributed by atoms with Crippen molar-refractivity contribution in [1.82, 2.24) is 0 Å². The molecule has 19 heavy (non-hydrogen) atoms. The van der Waals surface area contributed by atoms with Crippen molar-refractivity contribution < 1.29 is 9.53 Å². The Morgan fingerprint density at radius 2 is 1.79 bits per heavy atom. The molecule has 0 amide bonds. The number of hydrogen-bond acceptors (Lipinski definition) is 3. The van der Waals surface area contributed by atoms with Gasteiger partial charge in [0.15, 0.2) is 5.44 Å². The van der Waals surface area contributed by atoms with E-state index in [4.69, 9.17) is 4.74 Å². The molecule has 1 unspecified atom stereocenters. The van der Waals surface area contributed by atoms with Crippen LogP contribution >= 0.6 is 11.8 Å². The summed E-state index contributed by atoms with van der Waals surface area (Å²) in [5, 5.41) is 0.694. The fourth-order valence-corrected chi connectivity index (χ4v) is 4.57. The van der Waals surface area contributed by atoms with Crippen LogP contribution in [0.1, 0.15) is 71.6 Å². The predicted molar refractivity (Wildman–Crippen MR) is 81.2 cm³/mol. The summed E-state index contributed by atoms with van der Waals surface area (Å²) >= 11 is 1.91. The minimum absolute atomic E-state index is 0.0251. The average Bonchev–Trinajstić information content (AvgIpc) is 2.69. The van der Waals surface area contributed by atoms with Crippen molar-refractivity contribution in [2.45, 2.75) is 82.3 Å². The highest BCUT2D eigenvalue weighted by atomic mass is 32.2. The predicted octanol–water partition coefficient (Wildman–Crippen LogP) is 4.83. The molecule has 0 saturated heterocycles. The zero-order chi connectivity index (χ0) is 13.7. The molecule has 108 valence electrons. The van der Waals surface area contributed by atoms with Gasteiger partial charge < -0.3 is 4.74 Å². The number of ether oxygens (including phenoxy) is 1. The lowest BCUT2D eigenvalue weighted by Crippen LogP contribution is -2.16. The van der Waals surface area contributed by atoms with Crippen LogP contribution in [0, 0.1) is 0 Å². The van der Waals surface area contributed by atoms with Crippen molar-refractivity contribution in [2.24, 2.45) is 0 Å². The molecule has 0 aromatic heterocycles. The van der Waals surface area contributed by atoms with E-state index >= 15 is 0 Å². The lowest BCUT2D eigenvalue weighted by molar-refractivity contribution is -0.137. The molecule has 3 heteroatoms. The molecule has 0 N–H and O–H groups in total. The van der Waals surface area contributed by atoms with Crippen LogP contribution in [-0.4, -0.2) is 16.7 Å². The number of rotatable bonds is 6. The van der Waals surface area contributed by atoms with E-state index in [9.17, 15) is 4.79 Å². The number of carbonyl (C=O) groups is 1. The van der Waals surface area contributed by atoms with Crippen LogP contribution in [0.25, 0.3) is 0 Å². The Balaban J connectivity index is 2.04. The first-order valence-electron chi connectivity index (χ1n) is 7.84. The smallest absolute Gasteiger partial charge is 0.335 e. The fraction of sp³-hybridized carbons (Fsp3) is 0.812. The van der Waals surface area contributed by atoms with Crippen molar-refractivity contribution in [3.05, 3.63) is 11.1 Å². The third-order valence-electron chi connectivity index (χ3n) is 4.02. The second kappa shape index (κ2) is 7.37. The lowest BCUT2D eigenvalue weighted by Gasteiger charge is -2.24. The molecule has 1 fully saturated rings. The molecule has 0 bridgehead atoms. The third kappa shape index (κ3) is 3.77. The second-order valence-electron chi connectivity index (χ2n) is 5.64. The van der Waals surface area contributed by atoms with Crippen molar-refractivity contribution in [2.75, 3.05) is 0 Å². The van der Waals surface area contributed by atoms with Crippen LogP contribution in [0.4, 0.5) is 0 Å². The first-order valence-corrected chi connectivity index (χ1v) is 8.78. The van der Waals surface area contributed by atoms with E-state index in [-0.39, 0.29) is 11.4 Å². The van der Waals surface area contributed by atoms with E-state index in [0.717, 1.165) is 31.3 Å². The van der Waals surface area contributed by atoms with Crippen molar-refractivity contribution in [3.8, 4) is 0 Å². The molecular formula is C16H26O2S. The highest BCUT2D eigenvalue weighted by Crippen LogP contribution is 2.40. The van der Waals surface area contributed by atoms with Gasteiger partial charge in [0.1, 0.15) is 0 Å². The van der Waals surface area contributed by atoms with Gasteiger partial charge in [0.25, 0.3) is 0 Å². The molecule has 0 aromatic rings. The van der Waals surface area contributed by atoms with Gasteiger partial charge in [0.2, 0.25) is 0 Å². The van der Waals surface area contributed by atoms with Crippen molar-refractivity contribution in [1.29, 1.82) is 0 Å². The summed E-state index contributed by atoms with van der Waals surface area (Å²) in [6.45, 7) is 4.31. The summed E-state index contributed by atoms with van der Waals surface area (Å²) in [4.78, 5) is 12.0. The molecule has 1 saturated carbocycles. The lowest BCUT2D eigenvalue weighted by atomic mass is 10.0. The van der Waals surface area contributed by atoms with Crippen LogP contribution in [0.3, 0.4) is 0 Å². The monoisotopic (exact) mass is 282 g/mol. The molecule has 2 aliphatic rings. The van der Waals surface area contributed by atoms with E-state index in [1.54, 1.807) is 0 Å². The van der Waals surface area contributed by atoms with Gasteiger partial charge in [0, 0.05) is 10.8 Å². The molecule has 1 aliphatic heterocycles. The molecule has 0 radical (unpaired) electrons. The largest absolute Gasteiger partial charge is 0.443 e. The van der Waals surface area contributed by atoms with Crippen LogP contribution < -0.4 is 0 Å². The zero-order valence-corrected chi connectivity index (χ0v) is 13.1. The fourth-order valence-electron chi connectivity index (χ4n) is 3.05. The molecule has 1 heterocycles. The first-order chi connectivity index (χ1) is 9.26. The maximum Gasteiger partial charge on any atom is 0.335 e. The Morgan fingerprint density at radius 3 is 2.42 bits per heavy atom. The Morgan fingerprint density at radius 1 is 1.11 bits per heavy atom. The van der Waals surface area contributed by atoms with Gasteiger partial charge in [-0.15, -0.1) is 11.8 Å². The van der Waals surface area contributed by atoms with E-state index in [0.29, 0.717) is 5.25 Å². The maximum atomic E-state index is 12.0. The van der Waals surface area contributed by atoms with Crippen LogP contribution in [0.15, 0.2) is 11.1 Å². The van der Waals surface area contributed by atoms with Gasteiger partial charge >= 0.3 is 5.97 Å². The zero-order valence-electron chi connectivity index (χ0n) is 12.2. The second-order valence-corrected chi connectivity index (χ2v) is 7.00. The minimum Gasteiger partial charge on any atom is -0.443 e. The molecule has 0 spiro atoms. The Labute approximate surface area is 121 Å². The standard InChI is InChI=1S/C16H26O2S/c1-3-8-13-14(9-4-2)16(18-15(13)17)19-12-10-6-5-7-11-12/h12,16H,3-11H2,1-2H3. The summed E-state index contributed by atoms with van der Waals surface area (Å²) in [5.74, 6) is -0.0430. The molecule has 1 atom stereocenters. The summed E-state index contributed by atoms with van der Waals surface area (Å²) in [7, 11) is 0. The topological polar surface area (TPSA) is 26.3 Å². The van der Waals surface area contributed by atoms with Gasteiger partial charge in [-0.3, -0.25) is 0 Å². The van der Waals surface area contributed by atoms with Gasteiger partial charge in [-0.25, -0.2) is 4.79 Å². The minimum atomic E-state index is -0.0430. The average molecular weight is 282 g/mol. The summed E-state index contributed by atoms with van der Waals surface area (Å²) < 4.78 is 5.64. The highest BCUT2D eigenvalue weighted by molar-refractivity contribution is 8.00. The first kappa shape index (κ1) is 15.0. The Hall–Kier alpha value is -0.440. The van der Waals surface area contributed by atoms with E-state index in [1.807, 2.05) is 11.8 Å². The molecular weight excluding hydrogens is 256 g/mol. The summed E-state index contributed by atoms with van der Waals surface area (Å²) in [6.07, 6.45) is 10.7. The van der Waals surface area contributed by atoms with Crippen LogP contribution in [0.2, 0.25) is 0 Å². The van der Waals surface area contributed by atoms with Crippen molar-refractivity contribution >= 4 is 17.7 Å². The Kier molecular flexibility index (Phi) is 5.80. The highest BCUT2D eigenvalue weighted by Gasteiger charge is 2.34. The normalized spacial score (nSPS) is 24.9. The van der Waals surface area contributed by atoms with Gasteiger partial charge in [-0.2, -0.15) is 0 Å². The van der Waals surface area contributed by atoms with Crippen LogP contribution in [0.5, 0.6) is 0 Å².